The van der Waals surface area contributed by atoms with Crippen LogP contribution in [0, 0.1) is 31.0 Å². The number of rotatable bonds is 2. The molecule has 3 rings (SSSR count). The number of hydrogen-bond acceptors (Lipinski definition) is 5. The van der Waals surface area contributed by atoms with Gasteiger partial charge in [0.25, 0.3) is 5.56 Å². The standard InChI is InChI=1S/C17H12FN3O2S/c1-8-9(2)24-17-13(8)16(23)20-15(21-17)12(7-19)14(22)10-3-5-11(18)6-4-10/h3-6,22H,1-2H3,(H,20,21,23)/b14-12-. The zero-order valence-electron chi connectivity index (χ0n) is 12.8. The van der Waals surface area contributed by atoms with E-state index in [-0.39, 0.29) is 28.3 Å². The molecule has 7 heteroatoms. The molecule has 24 heavy (non-hydrogen) atoms. The van der Waals surface area contributed by atoms with Gasteiger partial charge in [-0.25, -0.2) is 9.37 Å². The minimum atomic E-state index is -0.456. The first kappa shape index (κ1) is 15.9. The van der Waals surface area contributed by atoms with Gasteiger partial charge in [0.2, 0.25) is 0 Å². The smallest absolute Gasteiger partial charge is 0.260 e. The largest absolute Gasteiger partial charge is 0.506 e. The van der Waals surface area contributed by atoms with Crippen molar-refractivity contribution in [2.24, 2.45) is 0 Å². The summed E-state index contributed by atoms with van der Waals surface area (Å²) in [5, 5.41) is 20.2. The van der Waals surface area contributed by atoms with Crippen LogP contribution in [0.1, 0.15) is 21.8 Å². The molecular formula is C17H12FN3O2S. The Labute approximate surface area is 140 Å². The first-order valence-corrected chi connectivity index (χ1v) is 7.83. The van der Waals surface area contributed by atoms with Gasteiger partial charge in [-0.3, -0.25) is 4.79 Å². The fourth-order valence-corrected chi connectivity index (χ4v) is 3.37. The maximum atomic E-state index is 13.0. The van der Waals surface area contributed by atoms with Crippen LogP contribution in [0.5, 0.6) is 0 Å². The molecule has 1 aromatic carbocycles. The lowest BCUT2D eigenvalue weighted by Crippen LogP contribution is -2.11. The van der Waals surface area contributed by atoms with E-state index in [1.807, 2.05) is 19.9 Å². The third-order valence-electron chi connectivity index (χ3n) is 3.74. The summed E-state index contributed by atoms with van der Waals surface area (Å²) in [5.74, 6) is -0.842. The molecule has 0 unspecified atom stereocenters. The zero-order valence-corrected chi connectivity index (χ0v) is 13.7. The number of halogens is 1. The molecule has 2 heterocycles. The van der Waals surface area contributed by atoms with Crippen LogP contribution in [0.3, 0.4) is 0 Å². The number of hydrogen-bond donors (Lipinski definition) is 2. The second-order valence-electron chi connectivity index (χ2n) is 5.22. The quantitative estimate of drug-likeness (QED) is 0.549. The van der Waals surface area contributed by atoms with E-state index in [0.29, 0.717) is 10.2 Å². The Hall–Kier alpha value is -2.98. The van der Waals surface area contributed by atoms with Gasteiger partial charge in [0, 0.05) is 10.4 Å². The molecule has 0 saturated carbocycles. The predicted molar refractivity (Wildman–Crippen MR) is 91.2 cm³/mol. The summed E-state index contributed by atoms with van der Waals surface area (Å²) >= 11 is 1.35. The van der Waals surface area contributed by atoms with Crippen LogP contribution in [-0.2, 0) is 0 Å². The average Bonchev–Trinajstić information content (AvgIpc) is 2.83. The number of aromatic nitrogens is 2. The predicted octanol–water partition coefficient (Wildman–Crippen LogP) is 3.69. The number of thiophene rings is 1. The molecular weight excluding hydrogens is 329 g/mol. The Balaban J connectivity index is 2.23. The summed E-state index contributed by atoms with van der Waals surface area (Å²) < 4.78 is 13.0. The minimum absolute atomic E-state index is 0.0157. The summed E-state index contributed by atoms with van der Waals surface area (Å²) in [7, 11) is 0. The Morgan fingerprint density at radius 2 is 2.00 bits per heavy atom. The number of fused-ring (bicyclic) bond motifs is 1. The number of aliphatic hydroxyl groups excluding tert-OH is 1. The molecule has 5 nitrogen and oxygen atoms in total. The number of aliphatic hydroxyl groups is 1. The van der Waals surface area contributed by atoms with E-state index in [9.17, 15) is 19.6 Å². The number of aromatic amines is 1. The molecule has 2 N–H and O–H groups in total. The topological polar surface area (TPSA) is 89.8 Å². The monoisotopic (exact) mass is 341 g/mol. The summed E-state index contributed by atoms with van der Waals surface area (Å²) in [4.78, 5) is 20.6. The Morgan fingerprint density at radius 3 is 2.62 bits per heavy atom. The molecule has 0 atom stereocenters. The first-order chi connectivity index (χ1) is 11.4. The lowest BCUT2D eigenvalue weighted by atomic mass is 10.1. The highest BCUT2D eigenvalue weighted by Gasteiger charge is 2.17. The highest BCUT2D eigenvalue weighted by atomic mass is 32.1. The molecule has 0 fully saturated rings. The molecule has 2 aromatic heterocycles. The molecule has 0 amide bonds. The summed E-state index contributed by atoms with van der Waals surface area (Å²) in [5.41, 5.74) is 0.565. The summed E-state index contributed by atoms with van der Waals surface area (Å²) in [6, 6.07) is 6.89. The number of benzene rings is 1. The van der Waals surface area contributed by atoms with Crippen molar-refractivity contribution in [2.45, 2.75) is 13.8 Å². The average molecular weight is 341 g/mol. The third kappa shape index (κ3) is 2.57. The van der Waals surface area contributed by atoms with Gasteiger partial charge < -0.3 is 10.1 Å². The van der Waals surface area contributed by atoms with E-state index in [1.165, 1.54) is 35.6 Å². The van der Waals surface area contributed by atoms with Crippen LogP contribution in [-0.4, -0.2) is 15.1 Å². The normalized spacial score (nSPS) is 12.1. The Morgan fingerprint density at radius 1 is 1.33 bits per heavy atom. The number of nitrogens with one attached hydrogen (secondary N) is 1. The second-order valence-corrected chi connectivity index (χ2v) is 6.42. The van der Waals surface area contributed by atoms with Gasteiger partial charge >= 0.3 is 0 Å². The number of nitriles is 1. The summed E-state index contributed by atoms with van der Waals surface area (Å²) in [6.45, 7) is 3.72. The van der Waals surface area contributed by atoms with E-state index in [2.05, 4.69) is 9.97 Å². The highest BCUT2D eigenvalue weighted by molar-refractivity contribution is 7.18. The fourth-order valence-electron chi connectivity index (χ4n) is 2.34. The van der Waals surface area contributed by atoms with Crippen LogP contribution in [0.2, 0.25) is 0 Å². The lowest BCUT2D eigenvalue weighted by molar-refractivity contribution is 0.513. The van der Waals surface area contributed by atoms with Crippen molar-refractivity contribution >= 4 is 32.9 Å². The van der Waals surface area contributed by atoms with Gasteiger partial charge in [-0.15, -0.1) is 11.3 Å². The lowest BCUT2D eigenvalue weighted by Gasteiger charge is -2.04. The Bertz CT molecular complexity index is 1070. The molecule has 0 spiro atoms. The molecule has 3 aromatic rings. The third-order valence-corrected chi connectivity index (χ3v) is 4.84. The van der Waals surface area contributed by atoms with Gasteiger partial charge in [0.15, 0.2) is 5.82 Å². The van der Waals surface area contributed by atoms with Gasteiger partial charge in [-0.2, -0.15) is 5.26 Å². The number of H-pyrrole nitrogens is 1. The SMILES string of the molecule is Cc1sc2nc(/C(C#N)=C(\O)c3ccc(F)cc3)[nH]c(=O)c2c1C. The van der Waals surface area contributed by atoms with Crippen molar-refractivity contribution in [1.82, 2.24) is 9.97 Å². The van der Waals surface area contributed by atoms with Crippen LogP contribution >= 0.6 is 11.3 Å². The van der Waals surface area contributed by atoms with E-state index in [1.54, 1.807) is 0 Å². The molecule has 120 valence electrons. The van der Waals surface area contributed by atoms with Crippen LogP contribution in [0.4, 0.5) is 4.39 Å². The van der Waals surface area contributed by atoms with Crippen molar-refractivity contribution in [3.05, 3.63) is 62.3 Å². The highest BCUT2D eigenvalue weighted by Crippen LogP contribution is 2.28. The van der Waals surface area contributed by atoms with Crippen LogP contribution < -0.4 is 5.56 Å². The van der Waals surface area contributed by atoms with Crippen molar-refractivity contribution < 1.29 is 9.50 Å². The zero-order chi connectivity index (χ0) is 17.4. The van der Waals surface area contributed by atoms with Gasteiger partial charge in [-0.1, -0.05) is 0 Å². The minimum Gasteiger partial charge on any atom is -0.506 e. The van der Waals surface area contributed by atoms with E-state index in [4.69, 9.17) is 0 Å². The molecule has 0 aliphatic rings. The van der Waals surface area contributed by atoms with Gasteiger partial charge in [-0.05, 0) is 43.7 Å². The first-order valence-electron chi connectivity index (χ1n) is 7.02. The van der Waals surface area contributed by atoms with Gasteiger partial charge in [0.05, 0.1) is 5.39 Å². The van der Waals surface area contributed by atoms with E-state index >= 15 is 0 Å². The summed E-state index contributed by atoms with van der Waals surface area (Å²) in [6.07, 6.45) is 0. The maximum absolute atomic E-state index is 13.0. The van der Waals surface area contributed by atoms with E-state index in [0.717, 1.165) is 10.4 Å². The van der Waals surface area contributed by atoms with Crippen molar-refractivity contribution in [2.75, 3.05) is 0 Å². The number of allylic oxidation sites excluding steroid dienone is 1. The second kappa shape index (κ2) is 5.91. The van der Waals surface area contributed by atoms with Crippen molar-refractivity contribution in [1.29, 1.82) is 5.26 Å². The van der Waals surface area contributed by atoms with Crippen LogP contribution in [0.15, 0.2) is 29.1 Å². The number of aryl methyl sites for hydroxylation is 2. The Kier molecular flexibility index (Phi) is 3.91. The van der Waals surface area contributed by atoms with Crippen molar-refractivity contribution in [3.63, 3.8) is 0 Å². The fraction of sp³-hybridized carbons (Fsp3) is 0.118. The van der Waals surface area contributed by atoms with Crippen molar-refractivity contribution in [3.8, 4) is 6.07 Å². The van der Waals surface area contributed by atoms with Gasteiger partial charge in [0.1, 0.15) is 28.0 Å². The molecule has 0 aliphatic heterocycles. The molecule has 0 radical (unpaired) electrons. The van der Waals surface area contributed by atoms with E-state index < -0.39 is 5.82 Å². The molecule has 0 aliphatic carbocycles. The molecule has 0 saturated heterocycles. The van der Waals surface area contributed by atoms with Crippen LogP contribution in [0.25, 0.3) is 21.5 Å². The number of nitrogens with zero attached hydrogens (tertiary/aromatic N) is 2. The maximum Gasteiger partial charge on any atom is 0.260 e. The molecule has 0 bridgehead atoms.